The Balaban J connectivity index is 1.72. The Hall–Kier alpha value is -2.17. The summed E-state index contributed by atoms with van der Waals surface area (Å²) in [6.07, 6.45) is 8.14. The standard InChI is InChI=1S/C17H21N3O2/c1-11-10-14(15-12(2)20-22-17(15)19-11)16(21)18-9-8-13-6-4-3-5-7-13/h6,10H,3-5,7-9H2,1-2H3,(H,18,21). The highest BCUT2D eigenvalue weighted by atomic mass is 16.5. The fraction of sp³-hybridized carbons (Fsp3) is 0.471. The van der Waals surface area contributed by atoms with Crippen molar-refractivity contribution in [1.82, 2.24) is 15.5 Å². The van der Waals surface area contributed by atoms with Crippen molar-refractivity contribution in [2.24, 2.45) is 0 Å². The van der Waals surface area contributed by atoms with Crippen molar-refractivity contribution < 1.29 is 9.32 Å². The van der Waals surface area contributed by atoms with E-state index in [9.17, 15) is 4.79 Å². The van der Waals surface area contributed by atoms with Crippen LogP contribution in [0.4, 0.5) is 0 Å². The molecular formula is C17H21N3O2. The molecule has 2 heterocycles. The summed E-state index contributed by atoms with van der Waals surface area (Å²) in [5.41, 5.74) is 3.94. The fourth-order valence-electron chi connectivity index (χ4n) is 2.96. The Kier molecular flexibility index (Phi) is 4.22. The van der Waals surface area contributed by atoms with E-state index >= 15 is 0 Å². The van der Waals surface area contributed by atoms with E-state index in [1.807, 2.05) is 13.8 Å². The van der Waals surface area contributed by atoms with E-state index in [2.05, 4.69) is 21.5 Å². The van der Waals surface area contributed by atoms with E-state index in [0.717, 1.165) is 12.1 Å². The fourth-order valence-corrected chi connectivity index (χ4v) is 2.96. The zero-order valence-electron chi connectivity index (χ0n) is 13.1. The minimum Gasteiger partial charge on any atom is -0.352 e. The van der Waals surface area contributed by atoms with Crippen LogP contribution in [0, 0.1) is 13.8 Å². The van der Waals surface area contributed by atoms with Gasteiger partial charge in [-0.15, -0.1) is 0 Å². The number of nitrogens with zero attached hydrogens (tertiary/aromatic N) is 2. The second-order valence-corrected chi connectivity index (χ2v) is 5.87. The highest BCUT2D eigenvalue weighted by molar-refractivity contribution is 6.06. The topological polar surface area (TPSA) is 68.0 Å². The summed E-state index contributed by atoms with van der Waals surface area (Å²) in [5.74, 6) is -0.0850. The maximum atomic E-state index is 12.5. The molecule has 0 aromatic carbocycles. The van der Waals surface area contributed by atoms with Gasteiger partial charge in [-0.05, 0) is 52.0 Å². The number of allylic oxidation sites excluding steroid dienone is 1. The van der Waals surface area contributed by atoms with Crippen molar-refractivity contribution in [3.8, 4) is 0 Å². The number of amides is 1. The van der Waals surface area contributed by atoms with Crippen LogP contribution in [0.15, 0.2) is 22.2 Å². The van der Waals surface area contributed by atoms with Gasteiger partial charge in [0, 0.05) is 12.2 Å². The number of fused-ring (bicyclic) bond motifs is 1. The van der Waals surface area contributed by atoms with Crippen molar-refractivity contribution in [2.45, 2.75) is 46.0 Å². The van der Waals surface area contributed by atoms with E-state index in [-0.39, 0.29) is 5.91 Å². The van der Waals surface area contributed by atoms with Crippen LogP contribution in [0.2, 0.25) is 0 Å². The van der Waals surface area contributed by atoms with Crippen LogP contribution in [0.1, 0.15) is 53.8 Å². The molecule has 2 aromatic rings. The van der Waals surface area contributed by atoms with Gasteiger partial charge in [0.25, 0.3) is 11.6 Å². The zero-order valence-corrected chi connectivity index (χ0v) is 13.1. The summed E-state index contributed by atoms with van der Waals surface area (Å²) < 4.78 is 5.17. The normalized spacial score (nSPS) is 14.9. The van der Waals surface area contributed by atoms with Crippen molar-refractivity contribution in [3.05, 3.63) is 34.7 Å². The number of pyridine rings is 1. The van der Waals surface area contributed by atoms with E-state index in [1.54, 1.807) is 6.07 Å². The SMILES string of the molecule is Cc1cc(C(=O)NCCC2=CCCCC2)c2c(C)noc2n1. The molecular weight excluding hydrogens is 278 g/mol. The van der Waals surface area contributed by atoms with Gasteiger partial charge >= 0.3 is 0 Å². The van der Waals surface area contributed by atoms with Crippen LogP contribution in [0.3, 0.4) is 0 Å². The van der Waals surface area contributed by atoms with Crippen LogP contribution in [0.25, 0.3) is 11.1 Å². The average Bonchev–Trinajstić information content (AvgIpc) is 2.88. The van der Waals surface area contributed by atoms with Crippen molar-refractivity contribution in [1.29, 1.82) is 0 Å². The molecule has 22 heavy (non-hydrogen) atoms. The molecule has 1 amide bonds. The highest BCUT2D eigenvalue weighted by Gasteiger charge is 2.17. The quantitative estimate of drug-likeness (QED) is 0.878. The molecule has 3 rings (SSSR count). The number of nitrogens with one attached hydrogen (secondary N) is 1. The molecule has 0 saturated carbocycles. The van der Waals surface area contributed by atoms with Crippen LogP contribution in [0.5, 0.6) is 0 Å². The Labute approximate surface area is 129 Å². The Morgan fingerprint density at radius 3 is 3.00 bits per heavy atom. The Morgan fingerprint density at radius 1 is 1.36 bits per heavy atom. The largest absolute Gasteiger partial charge is 0.352 e. The lowest BCUT2D eigenvalue weighted by Crippen LogP contribution is -2.25. The molecule has 0 atom stereocenters. The highest BCUT2D eigenvalue weighted by Crippen LogP contribution is 2.22. The summed E-state index contributed by atoms with van der Waals surface area (Å²) in [7, 11) is 0. The molecule has 0 bridgehead atoms. The summed E-state index contributed by atoms with van der Waals surface area (Å²) in [5, 5.41) is 7.62. The molecule has 0 fully saturated rings. The average molecular weight is 299 g/mol. The smallest absolute Gasteiger partial charge is 0.258 e. The van der Waals surface area contributed by atoms with Gasteiger partial charge in [-0.3, -0.25) is 4.79 Å². The number of aromatic nitrogens is 2. The first-order chi connectivity index (χ1) is 10.6. The predicted molar refractivity (Wildman–Crippen MR) is 84.8 cm³/mol. The molecule has 5 nitrogen and oxygen atoms in total. The summed E-state index contributed by atoms with van der Waals surface area (Å²) in [6.45, 7) is 4.34. The van der Waals surface area contributed by atoms with E-state index < -0.39 is 0 Å². The molecule has 1 aliphatic carbocycles. The Morgan fingerprint density at radius 2 is 2.23 bits per heavy atom. The molecule has 1 N–H and O–H groups in total. The predicted octanol–water partition coefficient (Wildman–Crippen LogP) is 3.46. The van der Waals surface area contributed by atoms with Gasteiger partial charge in [0.15, 0.2) is 0 Å². The molecule has 0 unspecified atom stereocenters. The second kappa shape index (κ2) is 6.30. The number of aryl methyl sites for hydroxylation is 2. The number of carbonyl (C=O) groups is 1. The molecule has 0 spiro atoms. The lowest BCUT2D eigenvalue weighted by Gasteiger charge is -2.13. The third-order valence-corrected chi connectivity index (χ3v) is 4.11. The molecule has 1 aliphatic rings. The van der Waals surface area contributed by atoms with Gasteiger partial charge < -0.3 is 9.84 Å². The first-order valence-electron chi connectivity index (χ1n) is 7.85. The van der Waals surface area contributed by atoms with Crippen LogP contribution >= 0.6 is 0 Å². The summed E-state index contributed by atoms with van der Waals surface area (Å²) in [6, 6.07) is 1.79. The molecule has 0 aliphatic heterocycles. The van der Waals surface area contributed by atoms with Crippen LogP contribution < -0.4 is 5.32 Å². The number of carbonyl (C=O) groups excluding carboxylic acids is 1. The first-order valence-corrected chi connectivity index (χ1v) is 7.85. The van der Waals surface area contributed by atoms with Crippen molar-refractivity contribution >= 4 is 17.0 Å². The molecule has 0 saturated heterocycles. The van der Waals surface area contributed by atoms with Gasteiger partial charge in [-0.25, -0.2) is 4.98 Å². The minimum absolute atomic E-state index is 0.0850. The van der Waals surface area contributed by atoms with Gasteiger partial charge in [0.2, 0.25) is 0 Å². The van der Waals surface area contributed by atoms with Crippen LogP contribution in [-0.2, 0) is 0 Å². The maximum Gasteiger partial charge on any atom is 0.258 e. The number of hydrogen-bond acceptors (Lipinski definition) is 4. The van der Waals surface area contributed by atoms with Gasteiger partial charge in [-0.2, -0.15) is 0 Å². The summed E-state index contributed by atoms with van der Waals surface area (Å²) >= 11 is 0. The first kappa shape index (κ1) is 14.8. The third kappa shape index (κ3) is 3.03. The molecule has 5 heteroatoms. The van der Waals surface area contributed by atoms with E-state index in [1.165, 1.54) is 31.3 Å². The van der Waals surface area contributed by atoms with Crippen LogP contribution in [-0.4, -0.2) is 22.6 Å². The molecule has 0 radical (unpaired) electrons. The molecule has 116 valence electrons. The zero-order chi connectivity index (χ0) is 15.5. The lowest BCUT2D eigenvalue weighted by molar-refractivity contribution is 0.0955. The van der Waals surface area contributed by atoms with E-state index in [4.69, 9.17) is 4.52 Å². The summed E-state index contributed by atoms with van der Waals surface area (Å²) in [4.78, 5) is 16.7. The third-order valence-electron chi connectivity index (χ3n) is 4.11. The monoisotopic (exact) mass is 299 g/mol. The minimum atomic E-state index is -0.0850. The molecule has 2 aromatic heterocycles. The lowest BCUT2D eigenvalue weighted by atomic mass is 9.97. The second-order valence-electron chi connectivity index (χ2n) is 5.87. The number of hydrogen-bond donors (Lipinski definition) is 1. The van der Waals surface area contributed by atoms with Gasteiger partial charge in [0.1, 0.15) is 0 Å². The van der Waals surface area contributed by atoms with E-state index in [0.29, 0.717) is 28.9 Å². The van der Waals surface area contributed by atoms with Gasteiger partial charge in [0.05, 0.1) is 16.6 Å². The van der Waals surface area contributed by atoms with Crippen molar-refractivity contribution in [3.63, 3.8) is 0 Å². The number of rotatable bonds is 4. The van der Waals surface area contributed by atoms with Crippen molar-refractivity contribution in [2.75, 3.05) is 6.54 Å². The Bertz CT molecular complexity index is 731. The maximum absolute atomic E-state index is 12.5. The van der Waals surface area contributed by atoms with Gasteiger partial charge in [-0.1, -0.05) is 16.8 Å².